The van der Waals surface area contributed by atoms with E-state index in [1.165, 1.54) is 32.3 Å². The van der Waals surface area contributed by atoms with Crippen LogP contribution in [-0.2, 0) is 0 Å². The van der Waals surface area contributed by atoms with Crippen LogP contribution >= 0.6 is 0 Å². The maximum Gasteiger partial charge on any atom is 0.0816 e. The second-order valence-electron chi connectivity index (χ2n) is 15.5. The van der Waals surface area contributed by atoms with E-state index in [1.807, 2.05) is 0 Å². The van der Waals surface area contributed by atoms with E-state index in [4.69, 9.17) is 9.97 Å². The summed E-state index contributed by atoms with van der Waals surface area (Å²) in [7, 11) is 0. The van der Waals surface area contributed by atoms with Crippen LogP contribution < -0.4 is 0 Å². The number of aromatic amines is 2. The lowest BCUT2D eigenvalue weighted by Crippen LogP contribution is -1.89. The van der Waals surface area contributed by atoms with Crippen molar-refractivity contribution in [3.63, 3.8) is 0 Å². The van der Waals surface area contributed by atoms with Crippen LogP contribution in [0.3, 0.4) is 0 Å². The molecule has 8 aromatic carbocycles. The topological polar surface area (TPSA) is 57.4 Å². The summed E-state index contributed by atoms with van der Waals surface area (Å²) in [6, 6.07) is 65.8. The van der Waals surface area contributed by atoms with Gasteiger partial charge in [-0.05, 0) is 68.2 Å². The van der Waals surface area contributed by atoms with Gasteiger partial charge in [-0.3, -0.25) is 0 Å². The van der Waals surface area contributed by atoms with Gasteiger partial charge in [-0.1, -0.05) is 152 Å². The molecular formula is C54H32N4. The molecule has 3 aromatic heterocycles. The number of H-pyrrole nitrogens is 2. The van der Waals surface area contributed by atoms with Gasteiger partial charge in [0.2, 0.25) is 0 Å². The van der Waals surface area contributed by atoms with Crippen LogP contribution in [-0.4, -0.2) is 19.9 Å². The van der Waals surface area contributed by atoms with Gasteiger partial charge in [-0.15, -0.1) is 0 Å². The zero-order chi connectivity index (χ0) is 37.9. The quantitative estimate of drug-likeness (QED) is 0.130. The highest BCUT2D eigenvalue weighted by Gasteiger charge is 2.24. The molecule has 268 valence electrons. The first kappa shape index (κ1) is 31.4. The lowest BCUT2D eigenvalue weighted by atomic mass is 9.91. The summed E-state index contributed by atoms with van der Waals surface area (Å²) in [5.74, 6) is 0. The molecule has 2 aliphatic heterocycles. The van der Waals surface area contributed by atoms with E-state index in [9.17, 15) is 0 Å². The molecule has 0 atom stereocenters. The van der Waals surface area contributed by atoms with Crippen LogP contribution in [0.5, 0.6) is 0 Å². The normalized spacial score (nSPS) is 12.1. The van der Waals surface area contributed by atoms with Gasteiger partial charge in [0.05, 0.1) is 28.3 Å². The van der Waals surface area contributed by atoms with Gasteiger partial charge < -0.3 is 9.97 Å². The molecule has 4 nitrogen and oxygen atoms in total. The second-order valence-corrected chi connectivity index (χ2v) is 15.5. The minimum Gasteiger partial charge on any atom is -0.354 e. The number of benzene rings is 8. The fraction of sp³-hybridized carbons (Fsp3) is 0. The van der Waals surface area contributed by atoms with E-state index in [0.29, 0.717) is 0 Å². The fourth-order valence-corrected chi connectivity index (χ4v) is 9.62. The van der Waals surface area contributed by atoms with Crippen LogP contribution in [0.15, 0.2) is 182 Å². The predicted molar refractivity (Wildman–Crippen MR) is 243 cm³/mol. The molecule has 58 heavy (non-hydrogen) atoms. The Labute approximate surface area is 332 Å². The average Bonchev–Trinajstić information content (AvgIpc) is 4.02. The molecule has 8 bridgehead atoms. The van der Waals surface area contributed by atoms with Crippen molar-refractivity contribution in [1.29, 1.82) is 0 Å². The molecule has 0 amide bonds. The van der Waals surface area contributed by atoms with Crippen molar-refractivity contribution in [1.82, 2.24) is 19.9 Å². The van der Waals surface area contributed by atoms with E-state index in [-0.39, 0.29) is 0 Å². The van der Waals surface area contributed by atoms with Crippen molar-refractivity contribution in [2.24, 2.45) is 0 Å². The van der Waals surface area contributed by atoms with Crippen molar-refractivity contribution in [2.45, 2.75) is 0 Å². The van der Waals surface area contributed by atoms with Gasteiger partial charge in [-0.2, -0.15) is 0 Å². The Bertz CT molecular complexity index is 3750. The lowest BCUT2D eigenvalue weighted by molar-refractivity contribution is 1.40. The first-order valence-electron chi connectivity index (χ1n) is 19.8. The smallest absolute Gasteiger partial charge is 0.0816 e. The number of nitrogens with one attached hydrogen (secondary N) is 2. The van der Waals surface area contributed by atoms with Crippen LogP contribution in [0, 0.1) is 0 Å². The van der Waals surface area contributed by atoms with Crippen LogP contribution in [0.1, 0.15) is 0 Å². The van der Waals surface area contributed by atoms with Crippen LogP contribution in [0.2, 0.25) is 0 Å². The monoisotopic (exact) mass is 736 g/mol. The van der Waals surface area contributed by atoms with Gasteiger partial charge in [0.25, 0.3) is 0 Å². The van der Waals surface area contributed by atoms with Crippen molar-refractivity contribution in [3.8, 4) is 56.2 Å². The van der Waals surface area contributed by atoms with E-state index in [1.54, 1.807) is 0 Å². The molecule has 5 heterocycles. The van der Waals surface area contributed by atoms with Gasteiger partial charge in [0, 0.05) is 65.9 Å². The van der Waals surface area contributed by atoms with Crippen LogP contribution in [0.25, 0.3) is 132 Å². The first-order chi connectivity index (χ1) is 28.7. The van der Waals surface area contributed by atoms with Crippen LogP contribution in [0.4, 0.5) is 0 Å². The zero-order valence-electron chi connectivity index (χ0n) is 31.2. The lowest BCUT2D eigenvalue weighted by Gasteiger charge is -2.13. The largest absolute Gasteiger partial charge is 0.354 e. The molecular weight excluding hydrogens is 705 g/mol. The molecule has 0 saturated carbocycles. The molecule has 2 N–H and O–H groups in total. The Morgan fingerprint density at radius 2 is 0.759 bits per heavy atom. The maximum atomic E-state index is 5.66. The Kier molecular flexibility index (Phi) is 6.41. The van der Waals surface area contributed by atoms with E-state index in [0.717, 1.165) is 99.8 Å². The van der Waals surface area contributed by atoms with Gasteiger partial charge >= 0.3 is 0 Å². The van der Waals surface area contributed by atoms with E-state index < -0.39 is 0 Å². The third-order valence-electron chi connectivity index (χ3n) is 12.3. The van der Waals surface area contributed by atoms with E-state index in [2.05, 4.69) is 192 Å². The van der Waals surface area contributed by atoms with Gasteiger partial charge in [0.15, 0.2) is 0 Å². The average molecular weight is 737 g/mol. The molecule has 0 unspecified atom stereocenters. The number of hydrogen-bond donors (Lipinski definition) is 2. The predicted octanol–water partition coefficient (Wildman–Crippen LogP) is 14.4. The zero-order valence-corrected chi connectivity index (χ0v) is 31.2. The molecule has 0 radical (unpaired) electrons. The molecule has 13 rings (SSSR count). The molecule has 0 saturated heterocycles. The number of fused-ring (bicyclic) bond motifs is 24. The first-order valence-corrected chi connectivity index (χ1v) is 19.8. The summed E-state index contributed by atoms with van der Waals surface area (Å²) in [5, 5.41) is 11.9. The van der Waals surface area contributed by atoms with Gasteiger partial charge in [0.1, 0.15) is 0 Å². The number of hydrogen-bond acceptors (Lipinski definition) is 2. The SMILES string of the molecule is c1ccc2c(c1)-c1cc3[nH]c(cc4nc(c(-c5cccc6cc7c(ccc8ccccc87)cc56)c5[nH]c(cc-2n1)c1ccccc51)-c1ccccc1-4)c1ccccc31. The third-order valence-corrected chi connectivity index (χ3v) is 12.3. The standard InChI is InChI=1S/C54H32N4/c1-2-14-34-31(12-1)24-25-33-27-45-32(26-44(33)34)13-11-23-41(45)52-53-42-21-9-7-19-39(42)50(57-53)29-48-37-17-5-3-15-35(37)46(55-48)28-47-36-16-4-6-18-38(36)49(56-47)30-51-40-20-8-10-22-43(40)54(52)58-51/h1-30,55,58H. The molecule has 11 aromatic rings. The highest BCUT2D eigenvalue weighted by atomic mass is 14.8. The van der Waals surface area contributed by atoms with Crippen molar-refractivity contribution < 1.29 is 0 Å². The van der Waals surface area contributed by atoms with Crippen molar-refractivity contribution in [3.05, 3.63) is 182 Å². The number of nitrogens with zero attached hydrogens (tertiary/aromatic N) is 2. The molecule has 2 aliphatic rings. The number of rotatable bonds is 1. The fourth-order valence-electron chi connectivity index (χ4n) is 9.62. The third kappa shape index (κ3) is 4.51. The summed E-state index contributed by atoms with van der Waals surface area (Å²) in [6.07, 6.45) is 0. The number of aromatic nitrogens is 4. The minimum atomic E-state index is 0.924. The highest BCUT2D eigenvalue weighted by Crippen LogP contribution is 2.47. The van der Waals surface area contributed by atoms with Crippen molar-refractivity contribution in [2.75, 3.05) is 0 Å². The summed E-state index contributed by atoms with van der Waals surface area (Å²) >= 11 is 0. The van der Waals surface area contributed by atoms with E-state index >= 15 is 0 Å². The Morgan fingerprint density at radius 1 is 0.293 bits per heavy atom. The Hall–Kier alpha value is -7.82. The Morgan fingerprint density at radius 3 is 1.47 bits per heavy atom. The second kappa shape index (κ2) is 11.8. The molecule has 0 spiro atoms. The Balaban J connectivity index is 1.25. The summed E-state index contributed by atoms with van der Waals surface area (Å²) in [5.41, 5.74) is 14.5. The summed E-state index contributed by atoms with van der Waals surface area (Å²) in [6.45, 7) is 0. The molecule has 4 heteroatoms. The van der Waals surface area contributed by atoms with Crippen molar-refractivity contribution >= 4 is 75.9 Å². The minimum absolute atomic E-state index is 0.924. The molecule has 0 fully saturated rings. The summed E-state index contributed by atoms with van der Waals surface area (Å²) in [4.78, 5) is 18.8. The highest BCUT2D eigenvalue weighted by molar-refractivity contribution is 6.20. The molecule has 0 aliphatic carbocycles. The van der Waals surface area contributed by atoms with Gasteiger partial charge in [-0.25, -0.2) is 9.97 Å². The maximum absolute atomic E-state index is 5.66. The summed E-state index contributed by atoms with van der Waals surface area (Å²) < 4.78 is 0.